The van der Waals surface area contributed by atoms with Crippen molar-refractivity contribution in [3.05, 3.63) is 36.5 Å². The van der Waals surface area contributed by atoms with E-state index in [9.17, 15) is 4.79 Å². The van der Waals surface area contributed by atoms with Gasteiger partial charge in [-0.1, -0.05) is 0 Å². The number of nitrogens with zero attached hydrogens (tertiary/aromatic N) is 3. The number of anilines is 1. The molecule has 0 aliphatic carbocycles. The number of carbonyl (C=O) groups excluding carboxylic acids is 1. The van der Waals surface area contributed by atoms with E-state index in [0.717, 1.165) is 22.1 Å². The summed E-state index contributed by atoms with van der Waals surface area (Å²) in [5, 5.41) is 10.2. The third-order valence-electron chi connectivity index (χ3n) is 3.19. The summed E-state index contributed by atoms with van der Waals surface area (Å²) in [5.41, 5.74) is 2.41. The summed E-state index contributed by atoms with van der Waals surface area (Å²) in [6.45, 7) is 0. The first-order valence-corrected chi connectivity index (χ1v) is 6.40. The van der Waals surface area contributed by atoms with Gasteiger partial charge in [0.1, 0.15) is 17.0 Å². The second-order valence-corrected chi connectivity index (χ2v) is 4.63. The van der Waals surface area contributed by atoms with Crippen LogP contribution in [0.2, 0.25) is 0 Å². The Morgan fingerprint density at radius 3 is 3.10 bits per heavy atom. The first kappa shape index (κ1) is 11.6. The van der Waals surface area contributed by atoms with E-state index < -0.39 is 0 Å². The number of hydrogen-bond donors (Lipinski definition) is 4. The number of aromatic amines is 3. The number of hydrogen-bond acceptors (Lipinski definition) is 4. The molecule has 8 nitrogen and oxygen atoms in total. The standard InChI is InChI=1S/C13H11N7O/c21-11(18-9-2-4-16-20-9)5-10-17-8-6-15-13-7(1-3-14-13)12(8)19-10/h1-4,6H,5H2,(H,14,15)(H,17,19)(H2,16,18,20,21). The Bertz CT molecular complexity index is 919. The van der Waals surface area contributed by atoms with Crippen molar-refractivity contribution in [3.63, 3.8) is 0 Å². The summed E-state index contributed by atoms with van der Waals surface area (Å²) in [6.07, 6.45) is 5.29. The van der Waals surface area contributed by atoms with Crippen molar-refractivity contribution >= 4 is 33.8 Å². The van der Waals surface area contributed by atoms with Crippen LogP contribution in [0.4, 0.5) is 5.82 Å². The predicted molar refractivity (Wildman–Crippen MR) is 76.7 cm³/mol. The first-order chi connectivity index (χ1) is 10.3. The third kappa shape index (κ3) is 2.02. The zero-order valence-electron chi connectivity index (χ0n) is 10.8. The van der Waals surface area contributed by atoms with Crippen LogP contribution in [0.3, 0.4) is 0 Å². The van der Waals surface area contributed by atoms with Gasteiger partial charge < -0.3 is 15.3 Å². The van der Waals surface area contributed by atoms with E-state index in [-0.39, 0.29) is 12.3 Å². The number of rotatable bonds is 3. The lowest BCUT2D eigenvalue weighted by Gasteiger charge is -1.98. The molecular formula is C13H11N7O. The number of carbonyl (C=O) groups is 1. The van der Waals surface area contributed by atoms with E-state index in [2.05, 4.69) is 35.5 Å². The minimum atomic E-state index is -0.181. The quantitative estimate of drug-likeness (QED) is 0.453. The molecule has 0 aliphatic heterocycles. The lowest BCUT2D eigenvalue weighted by molar-refractivity contribution is -0.115. The molecule has 0 spiro atoms. The average molecular weight is 281 g/mol. The Balaban J connectivity index is 1.63. The lowest BCUT2D eigenvalue weighted by atomic mass is 10.3. The van der Waals surface area contributed by atoms with Gasteiger partial charge in [-0.3, -0.25) is 9.89 Å². The Hall–Kier alpha value is -3.16. The van der Waals surface area contributed by atoms with Crippen LogP contribution in [0.25, 0.3) is 22.1 Å². The highest BCUT2D eigenvalue weighted by Gasteiger charge is 2.12. The van der Waals surface area contributed by atoms with E-state index in [1.807, 2.05) is 12.3 Å². The molecule has 0 aliphatic rings. The van der Waals surface area contributed by atoms with Crippen LogP contribution >= 0.6 is 0 Å². The maximum Gasteiger partial charge on any atom is 0.233 e. The van der Waals surface area contributed by atoms with E-state index in [0.29, 0.717) is 11.6 Å². The minimum absolute atomic E-state index is 0.146. The predicted octanol–water partition coefficient (Wildman–Crippen LogP) is 1.34. The average Bonchev–Trinajstić information content (AvgIpc) is 3.16. The molecule has 104 valence electrons. The smallest absolute Gasteiger partial charge is 0.233 e. The Labute approximate surface area is 118 Å². The maximum atomic E-state index is 11.9. The van der Waals surface area contributed by atoms with E-state index in [1.165, 1.54) is 0 Å². The number of nitrogens with one attached hydrogen (secondary N) is 4. The van der Waals surface area contributed by atoms with E-state index in [1.54, 1.807) is 18.5 Å². The topological polar surface area (TPSA) is 115 Å². The molecule has 0 radical (unpaired) electrons. The van der Waals surface area contributed by atoms with Crippen molar-refractivity contribution in [3.8, 4) is 0 Å². The highest BCUT2D eigenvalue weighted by atomic mass is 16.1. The maximum absolute atomic E-state index is 11.9. The molecule has 21 heavy (non-hydrogen) atoms. The first-order valence-electron chi connectivity index (χ1n) is 6.40. The lowest BCUT2D eigenvalue weighted by Crippen LogP contribution is -2.15. The third-order valence-corrected chi connectivity index (χ3v) is 3.19. The molecule has 4 aromatic rings. The minimum Gasteiger partial charge on any atom is -0.346 e. The number of pyridine rings is 1. The zero-order valence-corrected chi connectivity index (χ0v) is 10.8. The van der Waals surface area contributed by atoms with Crippen molar-refractivity contribution in [1.82, 2.24) is 30.1 Å². The van der Waals surface area contributed by atoms with Crippen LogP contribution < -0.4 is 5.32 Å². The second-order valence-electron chi connectivity index (χ2n) is 4.63. The normalized spacial score (nSPS) is 11.2. The summed E-state index contributed by atoms with van der Waals surface area (Å²) in [7, 11) is 0. The Morgan fingerprint density at radius 2 is 2.24 bits per heavy atom. The molecule has 0 saturated heterocycles. The van der Waals surface area contributed by atoms with Crippen LogP contribution in [0.15, 0.2) is 30.7 Å². The van der Waals surface area contributed by atoms with Crippen molar-refractivity contribution < 1.29 is 4.79 Å². The van der Waals surface area contributed by atoms with Crippen LogP contribution in [0, 0.1) is 0 Å². The van der Waals surface area contributed by atoms with E-state index >= 15 is 0 Å². The number of aromatic nitrogens is 6. The molecule has 0 unspecified atom stereocenters. The number of H-pyrrole nitrogens is 3. The molecule has 0 atom stereocenters. The second kappa shape index (κ2) is 4.44. The molecule has 0 fully saturated rings. The fourth-order valence-corrected chi connectivity index (χ4v) is 2.28. The number of imidazole rings is 1. The van der Waals surface area contributed by atoms with Crippen molar-refractivity contribution in [2.24, 2.45) is 0 Å². The molecule has 4 N–H and O–H groups in total. The molecular weight excluding hydrogens is 270 g/mol. The Kier molecular flexibility index (Phi) is 2.46. The molecule has 8 heteroatoms. The van der Waals surface area contributed by atoms with Crippen molar-refractivity contribution in [2.75, 3.05) is 5.32 Å². The fourth-order valence-electron chi connectivity index (χ4n) is 2.28. The van der Waals surface area contributed by atoms with Crippen LogP contribution in [-0.4, -0.2) is 36.0 Å². The number of fused-ring (bicyclic) bond motifs is 3. The van der Waals surface area contributed by atoms with Crippen LogP contribution in [0.5, 0.6) is 0 Å². The van der Waals surface area contributed by atoms with Gasteiger partial charge in [0.05, 0.1) is 18.1 Å². The molecule has 4 aromatic heterocycles. The summed E-state index contributed by atoms with van der Waals surface area (Å²) >= 11 is 0. The van der Waals surface area contributed by atoms with Crippen molar-refractivity contribution in [1.29, 1.82) is 0 Å². The highest BCUT2D eigenvalue weighted by molar-refractivity contribution is 6.01. The fraction of sp³-hybridized carbons (Fsp3) is 0.0769. The zero-order chi connectivity index (χ0) is 14.2. The number of amides is 1. The van der Waals surface area contributed by atoms with Gasteiger partial charge in [0, 0.05) is 23.8 Å². The summed E-state index contributed by atoms with van der Waals surface area (Å²) < 4.78 is 0. The van der Waals surface area contributed by atoms with Gasteiger partial charge in [0.2, 0.25) is 5.91 Å². The van der Waals surface area contributed by atoms with Gasteiger partial charge in [0.25, 0.3) is 0 Å². The van der Waals surface area contributed by atoms with Gasteiger partial charge in [-0.15, -0.1) is 0 Å². The van der Waals surface area contributed by atoms with Crippen LogP contribution in [-0.2, 0) is 11.2 Å². The van der Waals surface area contributed by atoms with E-state index in [4.69, 9.17) is 0 Å². The van der Waals surface area contributed by atoms with Gasteiger partial charge in [-0.05, 0) is 6.07 Å². The molecule has 0 saturated carbocycles. The molecule has 0 aromatic carbocycles. The summed E-state index contributed by atoms with van der Waals surface area (Å²) in [6, 6.07) is 3.61. The monoisotopic (exact) mass is 281 g/mol. The van der Waals surface area contributed by atoms with Gasteiger partial charge in [-0.25, -0.2) is 9.97 Å². The van der Waals surface area contributed by atoms with Gasteiger partial charge >= 0.3 is 0 Å². The van der Waals surface area contributed by atoms with Gasteiger partial charge in [-0.2, -0.15) is 5.10 Å². The molecule has 4 heterocycles. The molecule has 4 rings (SSSR count). The summed E-state index contributed by atoms with van der Waals surface area (Å²) in [4.78, 5) is 26.8. The van der Waals surface area contributed by atoms with Crippen LogP contribution in [0.1, 0.15) is 5.82 Å². The Morgan fingerprint density at radius 1 is 1.29 bits per heavy atom. The summed E-state index contributed by atoms with van der Waals surface area (Å²) in [5.74, 6) is 0.902. The van der Waals surface area contributed by atoms with Crippen molar-refractivity contribution in [2.45, 2.75) is 6.42 Å². The largest absolute Gasteiger partial charge is 0.346 e. The van der Waals surface area contributed by atoms with Gasteiger partial charge in [0.15, 0.2) is 5.82 Å². The molecule has 1 amide bonds. The molecule has 0 bridgehead atoms. The SMILES string of the molecule is O=C(Cc1nc2cnc3[nH]ccc3c2[nH]1)Nc1cc[nH]n1. The highest BCUT2D eigenvalue weighted by Crippen LogP contribution is 2.20.